The Hall–Kier alpha value is -2.90. The quantitative estimate of drug-likeness (QED) is 0.688. The number of ether oxygens (including phenoxy) is 1. The number of amides is 4. The number of nitrogens with one attached hydrogen (secondary N) is 2. The topological polar surface area (TPSA) is 105 Å². The molecule has 4 amide bonds. The second-order valence-electron chi connectivity index (χ2n) is 6.75. The van der Waals surface area contributed by atoms with Crippen molar-refractivity contribution in [2.24, 2.45) is 5.92 Å². The Morgan fingerprint density at radius 1 is 1.19 bits per heavy atom. The molecule has 0 unspecified atom stereocenters. The van der Waals surface area contributed by atoms with Gasteiger partial charge in [0.1, 0.15) is 6.04 Å². The van der Waals surface area contributed by atoms with Crippen LogP contribution in [-0.4, -0.2) is 54.0 Å². The summed E-state index contributed by atoms with van der Waals surface area (Å²) in [5.41, 5.74) is 0.828. The molecule has 0 saturated carbocycles. The molecule has 27 heavy (non-hydrogen) atoms. The molecule has 2 rings (SSSR count). The molecule has 0 bridgehead atoms. The summed E-state index contributed by atoms with van der Waals surface area (Å²) in [6.07, 6.45) is -0.978. The number of imide groups is 1. The molecular formula is C19H25N3O5. The minimum atomic E-state index is -1.12. The molecule has 1 aromatic rings. The lowest BCUT2D eigenvalue weighted by Gasteiger charge is -2.24. The van der Waals surface area contributed by atoms with Crippen LogP contribution in [0.2, 0.25) is 0 Å². The van der Waals surface area contributed by atoms with E-state index in [0.717, 1.165) is 10.5 Å². The second kappa shape index (κ2) is 9.16. The molecule has 0 aromatic heterocycles. The summed E-state index contributed by atoms with van der Waals surface area (Å²) < 4.78 is 5.22. The van der Waals surface area contributed by atoms with Crippen LogP contribution in [0.3, 0.4) is 0 Å². The summed E-state index contributed by atoms with van der Waals surface area (Å²) in [6.45, 7) is 5.57. The third kappa shape index (κ3) is 5.54. The Morgan fingerprint density at radius 3 is 2.41 bits per heavy atom. The van der Waals surface area contributed by atoms with Crippen molar-refractivity contribution in [3.63, 3.8) is 0 Å². The van der Waals surface area contributed by atoms with Gasteiger partial charge in [0, 0.05) is 13.1 Å². The fourth-order valence-corrected chi connectivity index (χ4v) is 2.70. The fourth-order valence-electron chi connectivity index (χ4n) is 2.70. The van der Waals surface area contributed by atoms with Gasteiger partial charge in [-0.3, -0.25) is 14.5 Å². The van der Waals surface area contributed by atoms with Crippen LogP contribution in [-0.2, 0) is 25.5 Å². The van der Waals surface area contributed by atoms with Gasteiger partial charge in [-0.05, 0) is 18.4 Å². The standard InChI is InChI=1S/C19H25N3O5/c1-12(2)16(21-15(23)11-14-7-5-4-6-8-14)18(25)27-13(3)17(24)22-10-9-20-19(22)26/h4-8,12-13,16H,9-11H2,1-3H3,(H,20,26)(H,21,23)/t13-,16+/m1/s1. The Balaban J connectivity index is 1.94. The Labute approximate surface area is 158 Å². The molecule has 1 saturated heterocycles. The van der Waals surface area contributed by atoms with E-state index in [2.05, 4.69) is 10.6 Å². The van der Waals surface area contributed by atoms with Crippen molar-refractivity contribution < 1.29 is 23.9 Å². The number of nitrogens with zero attached hydrogens (tertiary/aromatic N) is 1. The molecule has 1 heterocycles. The van der Waals surface area contributed by atoms with Crippen LogP contribution in [0.25, 0.3) is 0 Å². The van der Waals surface area contributed by atoms with Crippen molar-refractivity contribution in [3.05, 3.63) is 35.9 Å². The summed E-state index contributed by atoms with van der Waals surface area (Å²) >= 11 is 0. The number of carbonyl (C=O) groups is 4. The first-order chi connectivity index (χ1) is 12.8. The third-order valence-corrected chi connectivity index (χ3v) is 4.21. The van der Waals surface area contributed by atoms with Gasteiger partial charge in [0.25, 0.3) is 5.91 Å². The van der Waals surface area contributed by atoms with Crippen molar-refractivity contribution in [1.82, 2.24) is 15.5 Å². The van der Waals surface area contributed by atoms with Gasteiger partial charge in [-0.25, -0.2) is 9.59 Å². The van der Waals surface area contributed by atoms with Gasteiger partial charge in [-0.2, -0.15) is 0 Å². The monoisotopic (exact) mass is 375 g/mol. The van der Waals surface area contributed by atoms with Crippen LogP contribution < -0.4 is 10.6 Å². The molecule has 1 aliphatic rings. The van der Waals surface area contributed by atoms with Gasteiger partial charge in [0.15, 0.2) is 6.10 Å². The molecule has 8 nitrogen and oxygen atoms in total. The molecule has 146 valence electrons. The summed E-state index contributed by atoms with van der Waals surface area (Å²) in [5.74, 6) is -1.83. The summed E-state index contributed by atoms with van der Waals surface area (Å²) in [5, 5.41) is 5.19. The second-order valence-corrected chi connectivity index (χ2v) is 6.75. The van der Waals surface area contributed by atoms with Gasteiger partial charge >= 0.3 is 12.0 Å². The first kappa shape index (κ1) is 20.4. The maximum atomic E-state index is 12.5. The Morgan fingerprint density at radius 2 is 1.85 bits per heavy atom. The van der Waals surface area contributed by atoms with Crippen LogP contribution in [0, 0.1) is 5.92 Å². The molecule has 2 N–H and O–H groups in total. The van der Waals surface area contributed by atoms with Crippen molar-refractivity contribution in [2.45, 2.75) is 39.3 Å². The van der Waals surface area contributed by atoms with Gasteiger partial charge in [-0.1, -0.05) is 44.2 Å². The zero-order chi connectivity index (χ0) is 20.0. The molecule has 0 aliphatic carbocycles. The number of benzene rings is 1. The van der Waals surface area contributed by atoms with E-state index < -0.39 is 30.1 Å². The van der Waals surface area contributed by atoms with Gasteiger partial charge in [-0.15, -0.1) is 0 Å². The van der Waals surface area contributed by atoms with Gasteiger partial charge in [0.2, 0.25) is 5.91 Å². The predicted molar refractivity (Wildman–Crippen MR) is 97.6 cm³/mol. The minimum Gasteiger partial charge on any atom is -0.451 e. The molecule has 2 atom stereocenters. The zero-order valence-corrected chi connectivity index (χ0v) is 15.7. The molecule has 1 aliphatic heterocycles. The molecule has 0 radical (unpaired) electrons. The smallest absolute Gasteiger partial charge is 0.329 e. The van der Waals surface area contributed by atoms with E-state index in [1.54, 1.807) is 13.8 Å². The molecular weight excluding hydrogens is 350 g/mol. The lowest BCUT2D eigenvalue weighted by atomic mass is 10.0. The van der Waals surface area contributed by atoms with Crippen LogP contribution >= 0.6 is 0 Å². The number of carbonyl (C=O) groups excluding carboxylic acids is 4. The lowest BCUT2D eigenvalue weighted by molar-refractivity contribution is -0.160. The lowest BCUT2D eigenvalue weighted by Crippen LogP contribution is -2.49. The highest BCUT2D eigenvalue weighted by atomic mass is 16.5. The number of hydrogen-bond acceptors (Lipinski definition) is 5. The van der Waals surface area contributed by atoms with E-state index in [4.69, 9.17) is 4.74 Å². The zero-order valence-electron chi connectivity index (χ0n) is 15.7. The predicted octanol–water partition coefficient (Wildman–Crippen LogP) is 0.853. The van der Waals surface area contributed by atoms with E-state index in [1.165, 1.54) is 6.92 Å². The van der Waals surface area contributed by atoms with Crippen molar-refractivity contribution in [3.8, 4) is 0 Å². The maximum absolute atomic E-state index is 12.5. The van der Waals surface area contributed by atoms with Crippen molar-refractivity contribution >= 4 is 23.8 Å². The van der Waals surface area contributed by atoms with Crippen LogP contribution in [0.5, 0.6) is 0 Å². The van der Waals surface area contributed by atoms with E-state index in [9.17, 15) is 19.2 Å². The highest BCUT2D eigenvalue weighted by Gasteiger charge is 2.34. The van der Waals surface area contributed by atoms with Crippen molar-refractivity contribution in [2.75, 3.05) is 13.1 Å². The Bertz CT molecular complexity index is 705. The van der Waals surface area contributed by atoms with Crippen molar-refractivity contribution in [1.29, 1.82) is 0 Å². The fraction of sp³-hybridized carbons (Fsp3) is 0.474. The highest BCUT2D eigenvalue weighted by molar-refractivity contribution is 5.98. The maximum Gasteiger partial charge on any atom is 0.329 e. The number of rotatable bonds is 7. The molecule has 0 spiro atoms. The summed E-state index contributed by atoms with van der Waals surface area (Å²) in [6, 6.07) is 7.78. The average Bonchev–Trinajstić information content (AvgIpc) is 3.05. The van der Waals surface area contributed by atoms with Crippen LogP contribution in [0.15, 0.2) is 30.3 Å². The number of hydrogen-bond donors (Lipinski definition) is 2. The molecule has 1 fully saturated rings. The van der Waals surface area contributed by atoms with Gasteiger partial charge in [0.05, 0.1) is 6.42 Å². The van der Waals surface area contributed by atoms with E-state index in [1.807, 2.05) is 30.3 Å². The largest absolute Gasteiger partial charge is 0.451 e. The number of urea groups is 1. The molecule has 1 aromatic carbocycles. The van der Waals surface area contributed by atoms with E-state index in [0.29, 0.717) is 6.54 Å². The van der Waals surface area contributed by atoms with Crippen LogP contribution in [0.1, 0.15) is 26.3 Å². The third-order valence-electron chi connectivity index (χ3n) is 4.21. The van der Waals surface area contributed by atoms with Gasteiger partial charge < -0.3 is 15.4 Å². The SMILES string of the molecule is CC(C)[C@H](NC(=O)Cc1ccccc1)C(=O)O[C@H](C)C(=O)N1CCNC1=O. The summed E-state index contributed by atoms with van der Waals surface area (Å²) in [4.78, 5) is 49.6. The highest BCUT2D eigenvalue weighted by Crippen LogP contribution is 2.10. The minimum absolute atomic E-state index is 0.139. The molecule has 8 heteroatoms. The average molecular weight is 375 g/mol. The first-order valence-corrected chi connectivity index (χ1v) is 8.92. The van der Waals surface area contributed by atoms with E-state index in [-0.39, 0.29) is 24.8 Å². The van der Waals surface area contributed by atoms with Crippen LogP contribution in [0.4, 0.5) is 4.79 Å². The summed E-state index contributed by atoms with van der Waals surface area (Å²) in [7, 11) is 0. The van der Waals surface area contributed by atoms with E-state index >= 15 is 0 Å². The Kier molecular flexibility index (Phi) is 6.92. The number of esters is 1. The normalized spacial score (nSPS) is 15.9. The first-order valence-electron chi connectivity index (χ1n) is 8.92.